The molecule has 2 aliphatic heterocycles. The Morgan fingerprint density at radius 3 is 2.55 bits per heavy atom. The number of carbonyl (C=O) groups is 1. The number of amides is 1. The van der Waals surface area contributed by atoms with Gasteiger partial charge >= 0.3 is 6.18 Å². The van der Waals surface area contributed by atoms with Crippen LogP contribution in [-0.4, -0.2) is 36.5 Å². The molecule has 1 atom stereocenters. The molecule has 198 valence electrons. The maximum Gasteiger partial charge on any atom is 0.416 e. The highest BCUT2D eigenvalue weighted by Gasteiger charge is 2.34. The monoisotopic (exact) mass is 520 g/mol. The number of hydrogen-bond donors (Lipinski definition) is 0. The second-order valence-corrected chi connectivity index (χ2v) is 9.92. The van der Waals surface area contributed by atoms with Crippen molar-refractivity contribution in [2.24, 2.45) is 0 Å². The van der Waals surface area contributed by atoms with Crippen LogP contribution in [0.2, 0.25) is 0 Å². The largest absolute Gasteiger partial charge is 0.494 e. The Hall–Kier alpha value is -3.58. The number of likely N-dealkylation sites (tertiary alicyclic amines) is 1. The summed E-state index contributed by atoms with van der Waals surface area (Å²) in [6.45, 7) is 5.10. The maximum absolute atomic E-state index is 13.5. The summed E-state index contributed by atoms with van der Waals surface area (Å²) >= 11 is 0. The number of fused-ring (bicyclic) bond motifs is 1. The van der Waals surface area contributed by atoms with Gasteiger partial charge in [0.2, 0.25) is 0 Å². The van der Waals surface area contributed by atoms with Crippen molar-refractivity contribution in [2.75, 3.05) is 24.6 Å². The van der Waals surface area contributed by atoms with Crippen LogP contribution in [0.3, 0.4) is 0 Å². The molecule has 7 heteroatoms. The number of rotatable bonds is 7. The first-order chi connectivity index (χ1) is 18.3. The van der Waals surface area contributed by atoms with E-state index in [4.69, 9.17) is 4.74 Å². The second kappa shape index (κ2) is 11.0. The molecule has 3 aromatic carbocycles. The molecule has 3 aromatic rings. The van der Waals surface area contributed by atoms with Crippen LogP contribution in [0.25, 0.3) is 11.6 Å². The zero-order valence-electron chi connectivity index (χ0n) is 21.4. The number of ether oxygens (including phenoxy) is 1. The molecule has 0 unspecified atom stereocenters. The number of halogens is 3. The SMILES string of the molecule is C[C@@H]1CCCCN1CCCOc1ccc(N2C(=O)/C(=C\c3cccc(C(F)(F)F)c3)c3ccccc32)cc1. The minimum atomic E-state index is -4.45. The minimum Gasteiger partial charge on any atom is -0.494 e. The quantitative estimate of drug-likeness (QED) is 0.238. The standard InChI is InChI=1S/C31H31F3N2O2/c1-22-8-4-5-17-35(22)18-7-19-38-26-15-13-25(14-16-26)36-29-12-3-2-11-27(29)28(30(36)37)21-23-9-6-10-24(20-23)31(32,33)34/h2-3,6,9-16,20-22H,4-5,7-8,17-19H2,1H3/b28-21-/t22-/m1/s1. The topological polar surface area (TPSA) is 32.8 Å². The van der Waals surface area contributed by atoms with Crippen LogP contribution in [0.1, 0.15) is 49.3 Å². The Balaban J connectivity index is 1.30. The van der Waals surface area contributed by atoms with Crippen molar-refractivity contribution in [1.29, 1.82) is 0 Å². The number of alkyl halides is 3. The molecule has 0 aromatic heterocycles. The Morgan fingerprint density at radius 1 is 1.00 bits per heavy atom. The van der Waals surface area contributed by atoms with Crippen molar-refractivity contribution in [3.8, 4) is 5.75 Å². The highest BCUT2D eigenvalue weighted by atomic mass is 19.4. The average Bonchev–Trinajstić information content (AvgIpc) is 3.18. The van der Waals surface area contributed by atoms with E-state index in [-0.39, 0.29) is 5.91 Å². The van der Waals surface area contributed by atoms with Crippen molar-refractivity contribution in [3.63, 3.8) is 0 Å². The Labute approximate surface area is 221 Å². The normalized spacial score (nSPS) is 19.2. The highest BCUT2D eigenvalue weighted by Crippen LogP contribution is 2.42. The lowest BCUT2D eigenvalue weighted by molar-refractivity contribution is -0.137. The smallest absolute Gasteiger partial charge is 0.416 e. The van der Waals surface area contributed by atoms with E-state index in [9.17, 15) is 18.0 Å². The number of piperidine rings is 1. The lowest BCUT2D eigenvalue weighted by atomic mass is 10.0. The number of anilines is 2. The Kier molecular flexibility index (Phi) is 7.56. The van der Waals surface area contributed by atoms with E-state index in [0.717, 1.165) is 37.4 Å². The minimum absolute atomic E-state index is 0.284. The van der Waals surface area contributed by atoms with E-state index in [0.29, 0.717) is 40.7 Å². The van der Waals surface area contributed by atoms with E-state index in [1.807, 2.05) is 48.5 Å². The zero-order chi connectivity index (χ0) is 26.7. The first-order valence-electron chi connectivity index (χ1n) is 13.1. The van der Waals surface area contributed by atoms with Gasteiger partial charge in [-0.1, -0.05) is 36.8 Å². The van der Waals surface area contributed by atoms with Crippen molar-refractivity contribution in [2.45, 2.75) is 44.8 Å². The van der Waals surface area contributed by atoms with Crippen LogP contribution in [0.15, 0.2) is 72.8 Å². The molecular formula is C31H31F3N2O2. The van der Waals surface area contributed by atoms with Crippen LogP contribution in [0, 0.1) is 0 Å². The van der Waals surface area contributed by atoms with E-state index >= 15 is 0 Å². The molecule has 4 nitrogen and oxygen atoms in total. The number of hydrogen-bond acceptors (Lipinski definition) is 3. The van der Waals surface area contributed by atoms with E-state index in [1.54, 1.807) is 11.0 Å². The van der Waals surface area contributed by atoms with Gasteiger partial charge in [-0.2, -0.15) is 13.2 Å². The van der Waals surface area contributed by atoms with Crippen LogP contribution < -0.4 is 9.64 Å². The first kappa shape index (κ1) is 26.0. The predicted octanol–water partition coefficient (Wildman–Crippen LogP) is 7.57. The van der Waals surface area contributed by atoms with E-state index in [2.05, 4.69) is 11.8 Å². The molecule has 1 saturated heterocycles. The van der Waals surface area contributed by atoms with Crippen molar-refractivity contribution in [3.05, 3.63) is 89.5 Å². The van der Waals surface area contributed by atoms with Gasteiger partial charge in [-0.05, 0) is 86.8 Å². The molecule has 38 heavy (non-hydrogen) atoms. The molecule has 1 amide bonds. The summed E-state index contributed by atoms with van der Waals surface area (Å²) in [4.78, 5) is 17.6. The van der Waals surface area contributed by atoms with E-state index < -0.39 is 11.7 Å². The number of para-hydroxylation sites is 1. The first-order valence-corrected chi connectivity index (χ1v) is 13.1. The fraction of sp³-hybridized carbons (Fsp3) is 0.323. The summed E-state index contributed by atoms with van der Waals surface area (Å²) in [6, 6.07) is 20.3. The summed E-state index contributed by atoms with van der Waals surface area (Å²) in [5.41, 5.74) is 1.98. The highest BCUT2D eigenvalue weighted by molar-refractivity contribution is 6.38. The van der Waals surface area contributed by atoms with Gasteiger partial charge in [0.05, 0.1) is 23.4 Å². The predicted molar refractivity (Wildman–Crippen MR) is 144 cm³/mol. The van der Waals surface area contributed by atoms with Gasteiger partial charge in [-0.25, -0.2) is 0 Å². The number of carbonyl (C=O) groups excluding carboxylic acids is 1. The molecule has 0 saturated carbocycles. The summed E-state index contributed by atoms with van der Waals surface area (Å²) in [5, 5.41) is 0. The molecule has 2 heterocycles. The second-order valence-electron chi connectivity index (χ2n) is 9.92. The van der Waals surface area contributed by atoms with Crippen molar-refractivity contribution < 1.29 is 22.7 Å². The molecule has 0 spiro atoms. The van der Waals surface area contributed by atoms with Crippen LogP contribution >= 0.6 is 0 Å². The van der Waals surface area contributed by atoms with Crippen LogP contribution in [-0.2, 0) is 11.0 Å². The van der Waals surface area contributed by atoms with E-state index in [1.165, 1.54) is 31.4 Å². The van der Waals surface area contributed by atoms with Crippen LogP contribution in [0.5, 0.6) is 5.75 Å². The summed E-state index contributed by atoms with van der Waals surface area (Å²) in [7, 11) is 0. The van der Waals surface area contributed by atoms with Crippen molar-refractivity contribution >= 4 is 28.9 Å². The van der Waals surface area contributed by atoms with Gasteiger partial charge in [0.25, 0.3) is 5.91 Å². The van der Waals surface area contributed by atoms with Crippen LogP contribution in [0.4, 0.5) is 24.5 Å². The van der Waals surface area contributed by atoms with Gasteiger partial charge in [0.15, 0.2) is 0 Å². The molecule has 1 fully saturated rings. The molecule has 0 aliphatic carbocycles. The molecular weight excluding hydrogens is 489 g/mol. The molecule has 0 N–H and O–H groups in total. The molecule has 2 aliphatic rings. The summed E-state index contributed by atoms with van der Waals surface area (Å²) in [5.74, 6) is 0.452. The van der Waals surface area contributed by atoms with Gasteiger partial charge in [0, 0.05) is 23.8 Å². The number of benzene rings is 3. The van der Waals surface area contributed by atoms with Crippen molar-refractivity contribution in [1.82, 2.24) is 4.90 Å². The number of nitrogens with zero attached hydrogens (tertiary/aromatic N) is 2. The molecule has 5 rings (SSSR count). The Bertz CT molecular complexity index is 1320. The summed E-state index contributed by atoms with van der Waals surface area (Å²) < 4.78 is 45.6. The molecule has 0 bridgehead atoms. The van der Waals surface area contributed by atoms with Gasteiger partial charge in [-0.15, -0.1) is 0 Å². The third kappa shape index (κ3) is 5.63. The fourth-order valence-electron chi connectivity index (χ4n) is 5.25. The Morgan fingerprint density at radius 2 is 1.79 bits per heavy atom. The third-order valence-corrected chi connectivity index (χ3v) is 7.29. The average molecular weight is 521 g/mol. The molecule has 0 radical (unpaired) electrons. The lowest BCUT2D eigenvalue weighted by Gasteiger charge is -2.33. The maximum atomic E-state index is 13.5. The van der Waals surface area contributed by atoms with Gasteiger partial charge in [0.1, 0.15) is 5.75 Å². The lowest BCUT2D eigenvalue weighted by Crippen LogP contribution is -2.38. The zero-order valence-corrected chi connectivity index (χ0v) is 21.4. The van der Waals surface area contributed by atoms with Gasteiger partial charge < -0.3 is 9.64 Å². The fourth-order valence-corrected chi connectivity index (χ4v) is 5.25. The third-order valence-electron chi connectivity index (χ3n) is 7.29. The summed E-state index contributed by atoms with van der Waals surface area (Å²) in [6.07, 6.45) is 1.87. The van der Waals surface area contributed by atoms with Gasteiger partial charge in [-0.3, -0.25) is 9.69 Å².